The first-order valence-electron chi connectivity index (χ1n) is 7.83. The predicted octanol–water partition coefficient (Wildman–Crippen LogP) is 2.54. The van der Waals surface area contributed by atoms with Gasteiger partial charge in [0, 0.05) is 29.9 Å². The lowest BCUT2D eigenvalue weighted by molar-refractivity contribution is 0.114. The summed E-state index contributed by atoms with van der Waals surface area (Å²) < 4.78 is 0. The van der Waals surface area contributed by atoms with E-state index in [1.54, 1.807) is 0 Å². The molecule has 2 aliphatic rings. The Labute approximate surface area is 125 Å². The maximum atomic E-state index is 10.1. The number of likely N-dealkylation sites (tertiary alicyclic amines) is 1. The molecule has 0 radical (unpaired) electrons. The fraction of sp³-hybridized carbons (Fsp3) is 0.750. The van der Waals surface area contributed by atoms with Crippen molar-refractivity contribution in [2.75, 3.05) is 13.1 Å². The minimum absolute atomic E-state index is 0.0899. The van der Waals surface area contributed by atoms with Crippen LogP contribution in [0.25, 0.3) is 0 Å². The van der Waals surface area contributed by atoms with Crippen molar-refractivity contribution in [1.29, 1.82) is 0 Å². The van der Waals surface area contributed by atoms with E-state index in [2.05, 4.69) is 30.2 Å². The van der Waals surface area contributed by atoms with Gasteiger partial charge in [0.1, 0.15) is 0 Å². The maximum absolute atomic E-state index is 10.1. The Bertz CT molecular complexity index is 461. The molecule has 2 heterocycles. The first kappa shape index (κ1) is 14.5. The monoisotopic (exact) mass is 294 g/mol. The van der Waals surface area contributed by atoms with Crippen LogP contribution in [0.3, 0.4) is 0 Å². The maximum Gasteiger partial charge on any atom is 0.0596 e. The molecule has 1 aliphatic carbocycles. The molecule has 0 amide bonds. The minimum atomic E-state index is -0.0899. The predicted molar refractivity (Wildman–Crippen MR) is 83.9 cm³/mol. The summed E-state index contributed by atoms with van der Waals surface area (Å²) in [5.74, 6) is 1.15. The Morgan fingerprint density at radius 3 is 2.85 bits per heavy atom. The zero-order valence-corrected chi connectivity index (χ0v) is 13.3. The Hall–Kier alpha value is -0.420. The normalized spacial score (nSPS) is 33.3. The first-order chi connectivity index (χ1) is 9.61. The number of aryl methyl sites for hydroxylation is 1. The molecular weight excluding hydrogens is 268 g/mol. The summed E-state index contributed by atoms with van der Waals surface area (Å²) in [5, 5.41) is 12.3. The second-order valence-electron chi connectivity index (χ2n) is 6.51. The zero-order valence-electron chi connectivity index (χ0n) is 12.5. The van der Waals surface area contributed by atoms with Gasteiger partial charge in [-0.25, -0.2) is 0 Å². The summed E-state index contributed by atoms with van der Waals surface area (Å²) in [4.78, 5) is 3.97. The van der Waals surface area contributed by atoms with Gasteiger partial charge in [-0.3, -0.25) is 4.90 Å². The number of nitrogens with zero attached hydrogens (tertiary/aromatic N) is 1. The van der Waals surface area contributed by atoms with E-state index in [-0.39, 0.29) is 12.1 Å². The summed E-state index contributed by atoms with van der Waals surface area (Å²) in [6.07, 6.45) is 3.08. The van der Waals surface area contributed by atoms with Gasteiger partial charge >= 0.3 is 0 Å². The van der Waals surface area contributed by atoms with E-state index >= 15 is 0 Å². The number of hydrogen-bond acceptors (Lipinski definition) is 4. The van der Waals surface area contributed by atoms with Crippen LogP contribution in [0.4, 0.5) is 0 Å². The van der Waals surface area contributed by atoms with Gasteiger partial charge in [-0.1, -0.05) is 6.92 Å². The molecule has 3 rings (SSSR count). The fourth-order valence-corrected chi connectivity index (χ4v) is 5.18. The molecule has 4 heteroatoms. The third-order valence-electron chi connectivity index (χ3n) is 5.29. The molecule has 5 atom stereocenters. The number of aliphatic hydroxyl groups is 1. The Balaban J connectivity index is 1.83. The molecule has 1 saturated heterocycles. The molecular formula is C16H26N2OS. The lowest BCUT2D eigenvalue weighted by atomic mass is 9.99. The van der Waals surface area contributed by atoms with Crippen LogP contribution >= 0.6 is 11.3 Å². The van der Waals surface area contributed by atoms with Gasteiger partial charge in [0.15, 0.2) is 0 Å². The van der Waals surface area contributed by atoms with E-state index in [0.29, 0.717) is 17.9 Å². The summed E-state index contributed by atoms with van der Waals surface area (Å²) >= 11 is 1.83. The Morgan fingerprint density at radius 1 is 1.45 bits per heavy atom. The van der Waals surface area contributed by atoms with Crippen molar-refractivity contribution in [2.45, 2.75) is 51.3 Å². The third-order valence-corrected chi connectivity index (χ3v) is 6.38. The number of aliphatic hydroxyl groups excluding tert-OH is 1. The van der Waals surface area contributed by atoms with Crippen LogP contribution in [0.2, 0.25) is 0 Å². The molecule has 1 saturated carbocycles. The highest BCUT2D eigenvalue weighted by Gasteiger charge is 2.45. The number of fused-ring (bicyclic) bond motifs is 1. The minimum Gasteiger partial charge on any atom is -0.393 e. The van der Waals surface area contributed by atoms with E-state index in [1.807, 2.05) is 11.3 Å². The van der Waals surface area contributed by atoms with Gasteiger partial charge in [0.2, 0.25) is 0 Å². The van der Waals surface area contributed by atoms with Gasteiger partial charge in [-0.05, 0) is 49.1 Å². The molecule has 0 spiro atoms. The van der Waals surface area contributed by atoms with Crippen LogP contribution in [0.15, 0.2) is 11.4 Å². The third kappa shape index (κ3) is 2.43. The lowest BCUT2D eigenvalue weighted by Crippen LogP contribution is -2.40. The Kier molecular flexibility index (Phi) is 4.18. The molecule has 112 valence electrons. The summed E-state index contributed by atoms with van der Waals surface area (Å²) in [7, 11) is 0. The highest BCUT2D eigenvalue weighted by atomic mass is 32.1. The molecule has 3 nitrogen and oxygen atoms in total. The summed E-state index contributed by atoms with van der Waals surface area (Å²) in [6.45, 7) is 6.48. The second kappa shape index (κ2) is 5.76. The highest BCUT2D eigenvalue weighted by Crippen LogP contribution is 2.43. The quantitative estimate of drug-likeness (QED) is 0.897. The van der Waals surface area contributed by atoms with E-state index in [4.69, 9.17) is 5.73 Å². The van der Waals surface area contributed by atoms with E-state index < -0.39 is 0 Å². The van der Waals surface area contributed by atoms with Gasteiger partial charge in [0.25, 0.3) is 0 Å². The van der Waals surface area contributed by atoms with Gasteiger partial charge in [-0.2, -0.15) is 0 Å². The van der Waals surface area contributed by atoms with Crippen molar-refractivity contribution < 1.29 is 5.11 Å². The molecule has 20 heavy (non-hydrogen) atoms. The van der Waals surface area contributed by atoms with E-state index in [1.165, 1.54) is 16.9 Å². The SMILES string of the molecule is CCC(N)C(c1sccc1C)N1CC2CCC(O)C2C1. The average molecular weight is 294 g/mol. The van der Waals surface area contributed by atoms with Crippen molar-refractivity contribution in [3.8, 4) is 0 Å². The fourth-order valence-electron chi connectivity index (χ4n) is 4.04. The number of hydrogen-bond donors (Lipinski definition) is 2. The average Bonchev–Trinajstić information content (AvgIpc) is 3.10. The van der Waals surface area contributed by atoms with Gasteiger partial charge in [-0.15, -0.1) is 11.3 Å². The highest BCUT2D eigenvalue weighted by molar-refractivity contribution is 7.10. The topological polar surface area (TPSA) is 49.5 Å². The van der Waals surface area contributed by atoms with Crippen LogP contribution in [0, 0.1) is 18.8 Å². The molecule has 1 aromatic heterocycles. The Morgan fingerprint density at radius 2 is 2.25 bits per heavy atom. The largest absolute Gasteiger partial charge is 0.393 e. The van der Waals surface area contributed by atoms with Crippen molar-refractivity contribution in [3.05, 3.63) is 21.9 Å². The van der Waals surface area contributed by atoms with E-state index in [9.17, 15) is 5.11 Å². The van der Waals surface area contributed by atoms with Crippen molar-refractivity contribution >= 4 is 11.3 Å². The van der Waals surface area contributed by atoms with Gasteiger partial charge < -0.3 is 10.8 Å². The number of thiophene rings is 1. The van der Waals surface area contributed by atoms with Crippen molar-refractivity contribution in [3.63, 3.8) is 0 Å². The standard InChI is InChI=1S/C16H26N2OS/c1-3-13(17)15(16-10(2)6-7-20-16)18-8-11-4-5-14(19)12(11)9-18/h6-7,11-15,19H,3-5,8-9,17H2,1-2H3. The first-order valence-corrected chi connectivity index (χ1v) is 8.71. The number of nitrogens with two attached hydrogens (primary N) is 1. The van der Waals surface area contributed by atoms with E-state index in [0.717, 1.165) is 25.9 Å². The molecule has 2 fully saturated rings. The van der Waals surface area contributed by atoms with Gasteiger partial charge in [0.05, 0.1) is 12.1 Å². The van der Waals surface area contributed by atoms with Crippen LogP contribution < -0.4 is 5.73 Å². The van der Waals surface area contributed by atoms with Crippen LogP contribution in [0.1, 0.15) is 42.7 Å². The zero-order chi connectivity index (χ0) is 14.3. The molecule has 5 unspecified atom stereocenters. The molecule has 1 aliphatic heterocycles. The summed E-state index contributed by atoms with van der Waals surface area (Å²) in [6, 6.07) is 2.71. The van der Waals surface area contributed by atoms with Crippen LogP contribution in [-0.4, -0.2) is 35.2 Å². The summed E-state index contributed by atoms with van der Waals surface area (Å²) in [5.41, 5.74) is 7.81. The van der Waals surface area contributed by atoms with Crippen LogP contribution in [-0.2, 0) is 0 Å². The lowest BCUT2D eigenvalue weighted by Gasteiger charge is -2.33. The molecule has 3 N–H and O–H groups in total. The second-order valence-corrected chi connectivity index (χ2v) is 7.46. The van der Waals surface area contributed by atoms with Crippen molar-refractivity contribution in [2.24, 2.45) is 17.6 Å². The molecule has 0 aromatic carbocycles. The number of rotatable bonds is 4. The molecule has 1 aromatic rings. The molecule has 0 bridgehead atoms. The van der Waals surface area contributed by atoms with Crippen LogP contribution in [0.5, 0.6) is 0 Å². The smallest absolute Gasteiger partial charge is 0.0596 e. The van der Waals surface area contributed by atoms with Crippen molar-refractivity contribution in [1.82, 2.24) is 4.90 Å².